The third-order valence-electron chi connectivity index (χ3n) is 3.63. The van der Waals surface area contributed by atoms with Crippen LogP contribution in [0, 0.1) is 5.41 Å². The van der Waals surface area contributed by atoms with Crippen LogP contribution in [0.4, 0.5) is 0 Å². The summed E-state index contributed by atoms with van der Waals surface area (Å²) in [6, 6.07) is 0. The van der Waals surface area contributed by atoms with Gasteiger partial charge in [-0.25, -0.2) is 12.7 Å². The number of sulfonamides is 1. The monoisotopic (exact) mass is 350 g/mol. The van der Waals surface area contributed by atoms with Gasteiger partial charge in [-0.15, -0.1) is 0 Å². The molecule has 1 atom stereocenters. The van der Waals surface area contributed by atoms with E-state index in [0.717, 1.165) is 0 Å². The Labute approximate surface area is 141 Å². The second-order valence-electron chi connectivity index (χ2n) is 6.58. The van der Waals surface area contributed by atoms with E-state index in [1.807, 2.05) is 6.92 Å². The highest BCUT2D eigenvalue weighted by Gasteiger charge is 2.24. The molecule has 0 radical (unpaired) electrons. The van der Waals surface area contributed by atoms with Crippen LogP contribution in [-0.2, 0) is 14.8 Å². The zero-order valence-corrected chi connectivity index (χ0v) is 16.5. The van der Waals surface area contributed by atoms with Crippen molar-refractivity contribution in [1.82, 2.24) is 14.9 Å². The number of hydrogen-bond acceptors (Lipinski definition) is 4. The van der Waals surface area contributed by atoms with Gasteiger partial charge in [0, 0.05) is 40.3 Å². The van der Waals surface area contributed by atoms with Gasteiger partial charge in [-0.05, 0) is 11.8 Å². The first kappa shape index (κ1) is 22.1. The van der Waals surface area contributed by atoms with Crippen molar-refractivity contribution in [3.63, 3.8) is 0 Å². The highest BCUT2D eigenvalue weighted by molar-refractivity contribution is 7.88. The van der Waals surface area contributed by atoms with Crippen molar-refractivity contribution in [2.45, 2.75) is 40.2 Å². The van der Waals surface area contributed by atoms with Crippen molar-refractivity contribution in [3.8, 4) is 0 Å². The number of nitrogens with zero attached hydrogens (tertiary/aromatic N) is 2. The van der Waals surface area contributed by atoms with Crippen LogP contribution in [0.2, 0.25) is 0 Å². The van der Waals surface area contributed by atoms with Gasteiger partial charge in [0.1, 0.15) is 0 Å². The minimum Gasteiger partial charge on any atom is -0.379 e. The average Bonchev–Trinajstić information content (AvgIpc) is 2.42. The highest BCUT2D eigenvalue weighted by Crippen LogP contribution is 2.20. The van der Waals surface area contributed by atoms with E-state index in [0.29, 0.717) is 38.6 Å². The lowest BCUT2D eigenvalue weighted by atomic mass is 9.89. The molecule has 0 fully saturated rings. The Morgan fingerprint density at radius 3 is 2.30 bits per heavy atom. The first-order valence-corrected chi connectivity index (χ1v) is 9.83. The van der Waals surface area contributed by atoms with Gasteiger partial charge in [0.25, 0.3) is 0 Å². The Kier molecular flexibility index (Phi) is 9.72. The van der Waals surface area contributed by atoms with E-state index >= 15 is 0 Å². The molecule has 0 heterocycles. The molecular weight excluding hydrogens is 316 g/mol. The standard InChI is InChI=1S/C15H34N4O3S/c1-8-19(23(7,20)21)11-9-10-17-14(16-5)18-12-13(22-6)15(2,3)4/h13H,8-12H2,1-7H3,(H2,16,17,18). The van der Waals surface area contributed by atoms with Crippen molar-refractivity contribution in [2.24, 2.45) is 10.4 Å². The van der Waals surface area contributed by atoms with Gasteiger partial charge in [-0.3, -0.25) is 4.99 Å². The Hall–Kier alpha value is -0.860. The molecule has 0 aromatic carbocycles. The first-order valence-electron chi connectivity index (χ1n) is 7.98. The van der Waals surface area contributed by atoms with Crippen LogP contribution < -0.4 is 10.6 Å². The molecule has 0 saturated carbocycles. The maximum atomic E-state index is 11.5. The van der Waals surface area contributed by atoms with E-state index in [4.69, 9.17) is 4.74 Å². The van der Waals surface area contributed by atoms with Gasteiger partial charge in [0.05, 0.1) is 12.4 Å². The van der Waals surface area contributed by atoms with Gasteiger partial charge in [0.15, 0.2) is 5.96 Å². The van der Waals surface area contributed by atoms with Crippen LogP contribution in [0.1, 0.15) is 34.1 Å². The van der Waals surface area contributed by atoms with Crippen LogP contribution >= 0.6 is 0 Å². The third kappa shape index (κ3) is 9.12. The summed E-state index contributed by atoms with van der Waals surface area (Å²) in [6.07, 6.45) is 2.03. The quantitative estimate of drug-likeness (QED) is 0.366. The molecule has 138 valence electrons. The maximum Gasteiger partial charge on any atom is 0.211 e. The van der Waals surface area contributed by atoms with Crippen molar-refractivity contribution in [1.29, 1.82) is 0 Å². The Morgan fingerprint density at radius 2 is 1.91 bits per heavy atom. The second kappa shape index (κ2) is 10.1. The minimum atomic E-state index is -3.12. The summed E-state index contributed by atoms with van der Waals surface area (Å²) in [7, 11) is 0.299. The van der Waals surface area contributed by atoms with Gasteiger partial charge in [0.2, 0.25) is 10.0 Å². The van der Waals surface area contributed by atoms with E-state index in [-0.39, 0.29) is 11.5 Å². The van der Waals surface area contributed by atoms with Gasteiger partial charge in [-0.2, -0.15) is 0 Å². The van der Waals surface area contributed by atoms with Crippen molar-refractivity contribution in [2.75, 3.05) is 46.6 Å². The molecule has 0 amide bonds. The number of aliphatic imine (C=N–C) groups is 1. The number of rotatable bonds is 9. The number of ether oxygens (including phenoxy) is 1. The fourth-order valence-corrected chi connectivity index (χ4v) is 3.10. The zero-order chi connectivity index (χ0) is 18.1. The molecule has 0 aliphatic carbocycles. The average molecular weight is 351 g/mol. The van der Waals surface area contributed by atoms with Crippen LogP contribution in [0.5, 0.6) is 0 Å². The molecule has 0 spiro atoms. The summed E-state index contributed by atoms with van der Waals surface area (Å²) in [5.41, 5.74) is 0.0394. The van der Waals surface area contributed by atoms with Gasteiger partial charge < -0.3 is 15.4 Å². The topological polar surface area (TPSA) is 83.0 Å². The molecule has 8 heteroatoms. The Bertz CT molecular complexity index is 458. The lowest BCUT2D eigenvalue weighted by molar-refractivity contribution is 0.0205. The van der Waals surface area contributed by atoms with Crippen LogP contribution in [-0.4, -0.2) is 71.4 Å². The van der Waals surface area contributed by atoms with E-state index < -0.39 is 10.0 Å². The third-order valence-corrected chi connectivity index (χ3v) is 5.01. The first-order chi connectivity index (χ1) is 10.6. The fraction of sp³-hybridized carbons (Fsp3) is 0.933. The van der Waals surface area contributed by atoms with E-state index in [1.54, 1.807) is 14.2 Å². The molecular formula is C15H34N4O3S. The van der Waals surface area contributed by atoms with Crippen LogP contribution in [0.25, 0.3) is 0 Å². The zero-order valence-electron chi connectivity index (χ0n) is 15.6. The highest BCUT2D eigenvalue weighted by atomic mass is 32.2. The summed E-state index contributed by atoms with van der Waals surface area (Å²) >= 11 is 0. The molecule has 0 saturated heterocycles. The molecule has 0 aliphatic heterocycles. The predicted octanol–water partition coefficient (Wildman–Crippen LogP) is 0.884. The number of methoxy groups -OCH3 is 1. The molecule has 0 rings (SSSR count). The SMILES string of the molecule is CCN(CCCNC(=NC)NCC(OC)C(C)(C)C)S(C)(=O)=O. The number of guanidine groups is 1. The van der Waals surface area contributed by atoms with Gasteiger partial charge in [-0.1, -0.05) is 27.7 Å². The van der Waals surface area contributed by atoms with Crippen molar-refractivity contribution >= 4 is 16.0 Å². The second-order valence-corrected chi connectivity index (χ2v) is 8.56. The van der Waals surface area contributed by atoms with Crippen LogP contribution in [0.15, 0.2) is 4.99 Å². The Morgan fingerprint density at radius 1 is 1.30 bits per heavy atom. The van der Waals surface area contributed by atoms with Crippen molar-refractivity contribution < 1.29 is 13.2 Å². The molecule has 0 aromatic heterocycles. The lowest BCUT2D eigenvalue weighted by Crippen LogP contribution is -2.45. The van der Waals surface area contributed by atoms with Crippen LogP contribution in [0.3, 0.4) is 0 Å². The molecule has 1 unspecified atom stereocenters. The smallest absolute Gasteiger partial charge is 0.211 e. The fourth-order valence-electron chi connectivity index (χ4n) is 2.17. The lowest BCUT2D eigenvalue weighted by Gasteiger charge is -2.30. The molecule has 0 bridgehead atoms. The van der Waals surface area contributed by atoms with E-state index in [1.165, 1.54) is 10.6 Å². The maximum absolute atomic E-state index is 11.5. The van der Waals surface area contributed by atoms with E-state index in [9.17, 15) is 8.42 Å². The van der Waals surface area contributed by atoms with Gasteiger partial charge >= 0.3 is 0 Å². The predicted molar refractivity (Wildman–Crippen MR) is 96.3 cm³/mol. The molecule has 0 aliphatic rings. The molecule has 2 N–H and O–H groups in total. The summed E-state index contributed by atoms with van der Waals surface area (Å²) in [4.78, 5) is 4.17. The summed E-state index contributed by atoms with van der Waals surface area (Å²) in [5.74, 6) is 0.693. The van der Waals surface area contributed by atoms with Crippen molar-refractivity contribution in [3.05, 3.63) is 0 Å². The summed E-state index contributed by atoms with van der Waals surface area (Å²) in [6.45, 7) is 10.5. The molecule has 7 nitrogen and oxygen atoms in total. The summed E-state index contributed by atoms with van der Waals surface area (Å²) in [5, 5.41) is 6.43. The molecule has 0 aromatic rings. The minimum absolute atomic E-state index is 0.0394. The largest absolute Gasteiger partial charge is 0.379 e. The molecule has 23 heavy (non-hydrogen) atoms. The Balaban J connectivity index is 4.23. The normalized spacial score (nSPS) is 14.9. The number of nitrogens with one attached hydrogen (secondary N) is 2. The van der Waals surface area contributed by atoms with E-state index in [2.05, 4.69) is 36.4 Å². The number of hydrogen-bond donors (Lipinski definition) is 2. The summed E-state index contributed by atoms with van der Waals surface area (Å²) < 4.78 is 30.0.